The Balaban J connectivity index is 1.96. The molecule has 0 unspecified atom stereocenters. The number of para-hydroxylation sites is 1. The van der Waals surface area contributed by atoms with Crippen LogP contribution in [-0.4, -0.2) is 15.9 Å². The van der Waals surface area contributed by atoms with Gasteiger partial charge in [0.2, 0.25) is 0 Å². The number of aryl methyl sites for hydroxylation is 1. The van der Waals surface area contributed by atoms with Crippen LogP contribution in [0.25, 0.3) is 10.9 Å². The molecule has 0 aliphatic rings. The van der Waals surface area contributed by atoms with Crippen LogP contribution in [0.4, 0.5) is 11.5 Å². The van der Waals surface area contributed by atoms with Crippen molar-refractivity contribution in [1.82, 2.24) is 9.97 Å². The minimum absolute atomic E-state index is 0.183. The highest BCUT2D eigenvalue weighted by atomic mass is 16.1. The number of carbonyl (C=O) groups is 1. The molecular weight excluding hydrogens is 252 g/mol. The summed E-state index contributed by atoms with van der Waals surface area (Å²) in [4.78, 5) is 19.7. The fourth-order valence-electron chi connectivity index (χ4n) is 2.23. The summed E-state index contributed by atoms with van der Waals surface area (Å²) in [5, 5.41) is 3.68. The molecule has 0 bridgehead atoms. The lowest BCUT2D eigenvalue weighted by Gasteiger charge is -2.04. The van der Waals surface area contributed by atoms with Crippen molar-refractivity contribution in [2.24, 2.45) is 0 Å². The summed E-state index contributed by atoms with van der Waals surface area (Å²) in [6.07, 6.45) is 1.51. The van der Waals surface area contributed by atoms with Gasteiger partial charge < -0.3 is 16.0 Å². The van der Waals surface area contributed by atoms with Gasteiger partial charge in [-0.1, -0.05) is 18.2 Å². The SMILES string of the molecule is Cc1[nH]c2ccccc2c1C(=O)Nc1ccc(N)cn1. The van der Waals surface area contributed by atoms with Crippen molar-refractivity contribution in [2.75, 3.05) is 11.1 Å². The largest absolute Gasteiger partial charge is 0.397 e. The van der Waals surface area contributed by atoms with Crippen molar-refractivity contribution >= 4 is 28.3 Å². The molecular formula is C15H14N4O. The molecule has 0 spiro atoms. The first-order valence-electron chi connectivity index (χ1n) is 6.25. The molecule has 2 aromatic heterocycles. The number of nitrogens with one attached hydrogen (secondary N) is 2. The standard InChI is InChI=1S/C15H14N4O/c1-9-14(11-4-2-3-5-12(11)18-9)15(20)19-13-7-6-10(16)8-17-13/h2-8,18H,16H2,1H3,(H,17,19,20). The minimum atomic E-state index is -0.183. The average Bonchev–Trinajstić information content (AvgIpc) is 2.77. The van der Waals surface area contributed by atoms with E-state index >= 15 is 0 Å². The van der Waals surface area contributed by atoms with E-state index in [0.29, 0.717) is 17.1 Å². The molecule has 1 amide bonds. The van der Waals surface area contributed by atoms with Gasteiger partial charge in [0.1, 0.15) is 5.82 Å². The van der Waals surface area contributed by atoms with E-state index in [2.05, 4.69) is 15.3 Å². The lowest BCUT2D eigenvalue weighted by Crippen LogP contribution is -2.13. The molecule has 1 aromatic carbocycles. The number of H-pyrrole nitrogens is 1. The normalized spacial score (nSPS) is 10.7. The van der Waals surface area contributed by atoms with Gasteiger partial charge in [0.25, 0.3) is 5.91 Å². The van der Waals surface area contributed by atoms with Crippen LogP contribution in [0, 0.1) is 6.92 Å². The Labute approximate surface area is 115 Å². The first kappa shape index (κ1) is 12.2. The predicted molar refractivity (Wildman–Crippen MR) is 79.6 cm³/mol. The third-order valence-corrected chi connectivity index (χ3v) is 3.15. The van der Waals surface area contributed by atoms with E-state index in [0.717, 1.165) is 16.6 Å². The Morgan fingerprint density at radius 3 is 2.80 bits per heavy atom. The van der Waals surface area contributed by atoms with Gasteiger partial charge in [-0.3, -0.25) is 4.79 Å². The number of amides is 1. The van der Waals surface area contributed by atoms with Crippen LogP contribution in [0.15, 0.2) is 42.6 Å². The van der Waals surface area contributed by atoms with Gasteiger partial charge in [0, 0.05) is 16.6 Å². The smallest absolute Gasteiger partial charge is 0.259 e. The Morgan fingerprint density at radius 2 is 2.05 bits per heavy atom. The number of nitrogens with two attached hydrogens (primary N) is 1. The maximum Gasteiger partial charge on any atom is 0.259 e. The summed E-state index contributed by atoms with van der Waals surface area (Å²) in [5.41, 5.74) is 8.55. The van der Waals surface area contributed by atoms with Crippen LogP contribution in [0.2, 0.25) is 0 Å². The second-order valence-corrected chi connectivity index (χ2v) is 4.60. The summed E-state index contributed by atoms with van der Waals surface area (Å²) >= 11 is 0. The number of carbonyl (C=O) groups excluding carboxylic acids is 1. The third kappa shape index (κ3) is 2.09. The summed E-state index contributed by atoms with van der Waals surface area (Å²) in [7, 11) is 0. The zero-order valence-electron chi connectivity index (χ0n) is 11.0. The number of anilines is 2. The van der Waals surface area contributed by atoms with Gasteiger partial charge in [-0.2, -0.15) is 0 Å². The zero-order valence-corrected chi connectivity index (χ0v) is 11.0. The quantitative estimate of drug-likeness (QED) is 0.666. The van der Waals surface area contributed by atoms with E-state index < -0.39 is 0 Å². The van der Waals surface area contributed by atoms with Gasteiger partial charge in [-0.05, 0) is 25.1 Å². The predicted octanol–water partition coefficient (Wildman–Crippen LogP) is 2.71. The van der Waals surface area contributed by atoms with E-state index in [-0.39, 0.29) is 5.91 Å². The molecule has 0 atom stereocenters. The summed E-state index contributed by atoms with van der Waals surface area (Å²) in [6, 6.07) is 11.1. The van der Waals surface area contributed by atoms with E-state index in [1.165, 1.54) is 6.20 Å². The second-order valence-electron chi connectivity index (χ2n) is 4.60. The Morgan fingerprint density at radius 1 is 1.25 bits per heavy atom. The number of nitrogen functional groups attached to an aromatic ring is 1. The van der Waals surface area contributed by atoms with Crippen molar-refractivity contribution < 1.29 is 4.79 Å². The van der Waals surface area contributed by atoms with E-state index in [9.17, 15) is 4.79 Å². The number of hydrogen-bond donors (Lipinski definition) is 3. The molecule has 0 fully saturated rings. The first-order valence-corrected chi connectivity index (χ1v) is 6.25. The van der Waals surface area contributed by atoms with Crippen LogP contribution in [-0.2, 0) is 0 Å². The average molecular weight is 266 g/mol. The van der Waals surface area contributed by atoms with Crippen molar-refractivity contribution in [3.05, 3.63) is 53.9 Å². The summed E-state index contributed by atoms with van der Waals surface area (Å²) in [6.45, 7) is 1.88. The van der Waals surface area contributed by atoms with Crippen molar-refractivity contribution in [3.8, 4) is 0 Å². The highest BCUT2D eigenvalue weighted by Crippen LogP contribution is 2.22. The molecule has 3 aromatic rings. The lowest BCUT2D eigenvalue weighted by molar-refractivity contribution is 0.102. The van der Waals surface area contributed by atoms with Gasteiger partial charge in [-0.15, -0.1) is 0 Å². The molecule has 3 rings (SSSR count). The Bertz CT molecular complexity index is 774. The monoisotopic (exact) mass is 266 g/mol. The fourth-order valence-corrected chi connectivity index (χ4v) is 2.23. The van der Waals surface area contributed by atoms with E-state index in [1.54, 1.807) is 12.1 Å². The summed E-state index contributed by atoms with van der Waals surface area (Å²) in [5.74, 6) is 0.297. The molecule has 2 heterocycles. The lowest BCUT2D eigenvalue weighted by atomic mass is 10.1. The molecule has 20 heavy (non-hydrogen) atoms. The van der Waals surface area contributed by atoms with Gasteiger partial charge in [0.15, 0.2) is 0 Å². The van der Waals surface area contributed by atoms with E-state index in [4.69, 9.17) is 5.73 Å². The van der Waals surface area contributed by atoms with Crippen molar-refractivity contribution in [2.45, 2.75) is 6.92 Å². The molecule has 0 aliphatic carbocycles. The molecule has 0 aliphatic heterocycles. The highest BCUT2D eigenvalue weighted by molar-refractivity contribution is 6.13. The fraction of sp³-hybridized carbons (Fsp3) is 0.0667. The molecule has 0 saturated carbocycles. The maximum absolute atomic E-state index is 12.4. The van der Waals surface area contributed by atoms with Gasteiger partial charge in [0.05, 0.1) is 17.4 Å². The number of fused-ring (bicyclic) bond motifs is 1. The Hall–Kier alpha value is -2.82. The number of hydrogen-bond acceptors (Lipinski definition) is 3. The number of rotatable bonds is 2. The van der Waals surface area contributed by atoms with Gasteiger partial charge in [-0.25, -0.2) is 4.98 Å². The number of pyridine rings is 1. The van der Waals surface area contributed by atoms with Crippen LogP contribution >= 0.6 is 0 Å². The Kier molecular flexibility index (Phi) is 2.87. The molecule has 0 saturated heterocycles. The van der Waals surface area contributed by atoms with Gasteiger partial charge >= 0.3 is 0 Å². The molecule has 5 nitrogen and oxygen atoms in total. The molecule has 0 radical (unpaired) electrons. The molecule has 4 N–H and O–H groups in total. The maximum atomic E-state index is 12.4. The number of benzene rings is 1. The highest BCUT2D eigenvalue weighted by Gasteiger charge is 2.16. The second kappa shape index (κ2) is 4.70. The van der Waals surface area contributed by atoms with Crippen LogP contribution in [0.1, 0.15) is 16.1 Å². The number of nitrogens with zero attached hydrogens (tertiary/aromatic N) is 1. The summed E-state index contributed by atoms with van der Waals surface area (Å²) < 4.78 is 0. The number of aromatic amines is 1. The van der Waals surface area contributed by atoms with Crippen LogP contribution in [0.5, 0.6) is 0 Å². The zero-order chi connectivity index (χ0) is 14.1. The van der Waals surface area contributed by atoms with Crippen molar-refractivity contribution in [1.29, 1.82) is 0 Å². The van der Waals surface area contributed by atoms with Crippen LogP contribution in [0.3, 0.4) is 0 Å². The molecule has 100 valence electrons. The molecule has 5 heteroatoms. The number of aromatic nitrogens is 2. The third-order valence-electron chi connectivity index (χ3n) is 3.15. The first-order chi connectivity index (χ1) is 9.65. The topological polar surface area (TPSA) is 83.8 Å². The minimum Gasteiger partial charge on any atom is -0.397 e. The van der Waals surface area contributed by atoms with Crippen LogP contribution < -0.4 is 11.1 Å². The van der Waals surface area contributed by atoms with E-state index in [1.807, 2.05) is 31.2 Å². The van der Waals surface area contributed by atoms with Crippen molar-refractivity contribution in [3.63, 3.8) is 0 Å².